The number of ether oxygens (including phenoxy) is 2. The number of nitrogens with two attached hydrogens (primary N) is 2. The number of aryl methyl sites for hydroxylation is 3. The fraction of sp³-hybridized carbons (Fsp3) is 0.579. The number of hydrogen-bond donors (Lipinski definition) is 3. The van der Waals surface area contributed by atoms with Crippen molar-refractivity contribution in [2.75, 3.05) is 31.3 Å². The van der Waals surface area contributed by atoms with Gasteiger partial charge in [-0.25, -0.2) is 19.0 Å². The van der Waals surface area contributed by atoms with Crippen LogP contribution < -0.4 is 11.5 Å². The van der Waals surface area contributed by atoms with Crippen LogP contribution in [0.5, 0.6) is 0 Å². The molecule has 0 saturated carbocycles. The number of rotatable bonds is 8. The second-order valence-electron chi connectivity index (χ2n) is 6.30. The minimum absolute atomic E-state index is 0.0758. The number of hydrogen-bond acceptors (Lipinski definition) is 9. The van der Waals surface area contributed by atoms with E-state index in [1.165, 1.54) is 4.68 Å². The molecule has 0 spiro atoms. The van der Waals surface area contributed by atoms with E-state index in [0.29, 0.717) is 42.5 Å². The highest BCUT2D eigenvalue weighted by atomic mass is 16.5. The van der Waals surface area contributed by atoms with Gasteiger partial charge in [0, 0.05) is 6.54 Å². The van der Waals surface area contributed by atoms with E-state index in [2.05, 4.69) is 10.2 Å². The maximum absolute atomic E-state index is 11.5. The lowest BCUT2D eigenvalue weighted by Gasteiger charge is -2.03. The van der Waals surface area contributed by atoms with Crippen LogP contribution in [0.3, 0.4) is 0 Å². The molecule has 2 heterocycles. The fourth-order valence-corrected chi connectivity index (χ4v) is 2.76. The largest absolute Gasteiger partial charge is 0.462 e. The molecule has 0 atom stereocenters. The van der Waals surface area contributed by atoms with Gasteiger partial charge in [0.1, 0.15) is 22.8 Å². The Kier molecular flexibility index (Phi) is 9.82. The van der Waals surface area contributed by atoms with Crippen LogP contribution in [0.4, 0.5) is 11.6 Å². The third-order valence-corrected chi connectivity index (χ3v) is 4.04. The van der Waals surface area contributed by atoms with Crippen molar-refractivity contribution in [3.8, 4) is 0 Å². The van der Waals surface area contributed by atoms with Crippen LogP contribution in [0, 0.1) is 13.8 Å². The van der Waals surface area contributed by atoms with Gasteiger partial charge in [-0.05, 0) is 34.1 Å². The molecule has 0 unspecified atom stereocenters. The smallest absolute Gasteiger partial charge is 0.343 e. The zero-order valence-corrected chi connectivity index (χ0v) is 18.3. The van der Waals surface area contributed by atoms with Crippen LogP contribution in [0.2, 0.25) is 0 Å². The molecule has 0 radical (unpaired) electrons. The van der Waals surface area contributed by atoms with Crippen molar-refractivity contribution < 1.29 is 24.2 Å². The number of carbonyl (C=O) groups excluding carboxylic acids is 2. The quantitative estimate of drug-likeness (QED) is 0.530. The Balaban J connectivity index is 0.000000300. The molecule has 0 aliphatic carbocycles. The van der Waals surface area contributed by atoms with E-state index in [9.17, 15) is 9.59 Å². The molecule has 30 heavy (non-hydrogen) atoms. The lowest BCUT2D eigenvalue weighted by atomic mass is 10.2. The van der Waals surface area contributed by atoms with E-state index in [0.717, 1.165) is 6.42 Å². The molecule has 2 rings (SSSR count). The summed E-state index contributed by atoms with van der Waals surface area (Å²) in [5, 5.41) is 17.0. The van der Waals surface area contributed by atoms with Gasteiger partial charge in [0.2, 0.25) is 0 Å². The molecule has 0 bridgehead atoms. The summed E-state index contributed by atoms with van der Waals surface area (Å²) in [6.45, 7) is 10.5. The van der Waals surface area contributed by atoms with Gasteiger partial charge in [-0.1, -0.05) is 6.92 Å². The number of esters is 2. The molecule has 0 amide bonds. The van der Waals surface area contributed by atoms with E-state index in [1.54, 1.807) is 32.4 Å². The number of aliphatic hydroxyl groups is 1. The Hall–Kier alpha value is -3.08. The van der Waals surface area contributed by atoms with Crippen molar-refractivity contribution in [2.45, 2.75) is 54.1 Å². The lowest BCUT2D eigenvalue weighted by molar-refractivity contribution is 0.0517. The van der Waals surface area contributed by atoms with Crippen LogP contribution >= 0.6 is 0 Å². The monoisotopic (exact) mass is 424 g/mol. The summed E-state index contributed by atoms with van der Waals surface area (Å²) in [5.41, 5.74) is 13.3. The minimum atomic E-state index is -0.475. The van der Waals surface area contributed by atoms with E-state index >= 15 is 0 Å². The van der Waals surface area contributed by atoms with Crippen molar-refractivity contribution in [3.05, 3.63) is 22.5 Å². The third kappa shape index (κ3) is 5.96. The first kappa shape index (κ1) is 25.0. The van der Waals surface area contributed by atoms with Gasteiger partial charge in [0.05, 0.1) is 37.8 Å². The van der Waals surface area contributed by atoms with Gasteiger partial charge in [-0.15, -0.1) is 0 Å². The number of aliphatic hydroxyl groups excluding tert-OH is 1. The zero-order valence-electron chi connectivity index (χ0n) is 18.3. The Bertz CT molecular complexity index is 788. The standard InChI is InChI=1S/C10H17N3O2.C9H15N3O3/c1-4-6-13-9(11)8(7(3)12-13)10(14)15-5-2;1-3-15-9(14)7-6(2)11-12(4-5-13)8(7)10/h4-6,11H2,1-3H3;13H,3-5,10H2,1-2H3. The Morgan fingerprint density at radius 3 is 1.60 bits per heavy atom. The predicted octanol–water partition coefficient (Wildman–Crippen LogP) is 1.30. The highest BCUT2D eigenvalue weighted by Crippen LogP contribution is 2.18. The first-order valence-corrected chi connectivity index (χ1v) is 9.84. The topological polar surface area (TPSA) is 161 Å². The summed E-state index contributed by atoms with van der Waals surface area (Å²) in [5.74, 6) is -0.237. The maximum atomic E-state index is 11.5. The number of nitrogen functional groups attached to an aromatic ring is 2. The van der Waals surface area contributed by atoms with Crippen LogP contribution in [0.15, 0.2) is 0 Å². The number of carbonyl (C=O) groups is 2. The van der Waals surface area contributed by atoms with Gasteiger partial charge < -0.3 is 26.0 Å². The minimum Gasteiger partial charge on any atom is -0.462 e. The van der Waals surface area contributed by atoms with Gasteiger partial charge in [-0.2, -0.15) is 10.2 Å². The molecule has 11 nitrogen and oxygen atoms in total. The second kappa shape index (κ2) is 11.8. The van der Waals surface area contributed by atoms with Crippen molar-refractivity contribution in [1.29, 1.82) is 0 Å². The van der Waals surface area contributed by atoms with Gasteiger partial charge in [-0.3, -0.25) is 0 Å². The Labute approximate surface area is 175 Å². The first-order chi connectivity index (χ1) is 14.2. The Morgan fingerprint density at radius 2 is 1.27 bits per heavy atom. The second-order valence-corrected chi connectivity index (χ2v) is 6.30. The van der Waals surface area contributed by atoms with Crippen LogP contribution in [0.1, 0.15) is 59.3 Å². The van der Waals surface area contributed by atoms with E-state index in [-0.39, 0.29) is 24.5 Å². The van der Waals surface area contributed by atoms with Gasteiger partial charge in [0.15, 0.2) is 0 Å². The third-order valence-electron chi connectivity index (χ3n) is 4.04. The maximum Gasteiger partial charge on any atom is 0.343 e. The summed E-state index contributed by atoms with van der Waals surface area (Å²) >= 11 is 0. The predicted molar refractivity (Wildman–Crippen MR) is 112 cm³/mol. The molecule has 0 saturated heterocycles. The number of nitrogens with zero attached hydrogens (tertiary/aromatic N) is 4. The molecule has 0 aliphatic rings. The average molecular weight is 425 g/mol. The SMILES string of the molecule is CCCn1nc(C)c(C(=O)OCC)c1N.CCOC(=O)c1c(C)nn(CCO)c1N. The van der Waals surface area contributed by atoms with Gasteiger partial charge >= 0.3 is 11.9 Å². The summed E-state index contributed by atoms with van der Waals surface area (Å²) in [6.07, 6.45) is 0.924. The highest BCUT2D eigenvalue weighted by Gasteiger charge is 2.21. The zero-order chi connectivity index (χ0) is 22.8. The summed E-state index contributed by atoms with van der Waals surface area (Å²) in [7, 11) is 0. The molecule has 2 aromatic heterocycles. The molecular weight excluding hydrogens is 392 g/mol. The molecule has 2 aromatic rings. The highest BCUT2D eigenvalue weighted by molar-refractivity contribution is 5.96. The van der Waals surface area contributed by atoms with Crippen LogP contribution in [-0.4, -0.2) is 56.4 Å². The van der Waals surface area contributed by atoms with Crippen molar-refractivity contribution in [1.82, 2.24) is 19.6 Å². The Morgan fingerprint density at radius 1 is 0.867 bits per heavy atom. The molecule has 0 fully saturated rings. The van der Waals surface area contributed by atoms with Gasteiger partial charge in [0.25, 0.3) is 0 Å². The lowest BCUT2D eigenvalue weighted by Crippen LogP contribution is -2.11. The fourth-order valence-electron chi connectivity index (χ4n) is 2.76. The first-order valence-electron chi connectivity index (χ1n) is 9.84. The molecular formula is C19H32N6O5. The van der Waals surface area contributed by atoms with Crippen molar-refractivity contribution in [3.63, 3.8) is 0 Å². The molecule has 168 valence electrons. The van der Waals surface area contributed by atoms with E-state index in [4.69, 9.17) is 26.0 Å². The summed E-state index contributed by atoms with van der Waals surface area (Å²) in [6, 6.07) is 0. The number of anilines is 2. The number of aromatic nitrogens is 4. The summed E-state index contributed by atoms with van der Waals surface area (Å²) in [4.78, 5) is 23.0. The summed E-state index contributed by atoms with van der Waals surface area (Å²) < 4.78 is 12.8. The van der Waals surface area contributed by atoms with Crippen molar-refractivity contribution in [2.24, 2.45) is 0 Å². The molecule has 0 aromatic carbocycles. The van der Waals surface area contributed by atoms with E-state index < -0.39 is 11.9 Å². The molecule has 0 aliphatic heterocycles. The molecule has 5 N–H and O–H groups in total. The van der Waals surface area contributed by atoms with Crippen molar-refractivity contribution >= 4 is 23.6 Å². The van der Waals surface area contributed by atoms with E-state index in [1.807, 2.05) is 6.92 Å². The van der Waals surface area contributed by atoms with Crippen LogP contribution in [-0.2, 0) is 22.6 Å². The molecule has 11 heteroatoms. The average Bonchev–Trinajstić information content (AvgIpc) is 3.11. The van der Waals surface area contributed by atoms with Crippen LogP contribution in [0.25, 0.3) is 0 Å². The normalized spacial score (nSPS) is 10.3.